The summed E-state index contributed by atoms with van der Waals surface area (Å²) in [7, 11) is 0. The molecular formula is C71H66N2. The highest BCUT2D eigenvalue weighted by Gasteiger charge is 2.55. The van der Waals surface area contributed by atoms with Gasteiger partial charge < -0.3 is 9.80 Å². The Morgan fingerprint density at radius 1 is 0.356 bits per heavy atom. The number of nitrogens with zero attached hydrogens (tertiary/aromatic N) is 2. The zero-order valence-electron chi connectivity index (χ0n) is 43.1. The van der Waals surface area contributed by atoms with Crippen molar-refractivity contribution < 1.29 is 0 Å². The van der Waals surface area contributed by atoms with E-state index < -0.39 is 5.41 Å². The molecule has 2 saturated carbocycles. The van der Waals surface area contributed by atoms with Gasteiger partial charge in [-0.05, 0) is 201 Å². The lowest BCUT2D eigenvalue weighted by atomic mass is 9.57. The van der Waals surface area contributed by atoms with Crippen LogP contribution < -0.4 is 9.80 Å². The molecule has 4 atom stereocenters. The van der Waals surface area contributed by atoms with Gasteiger partial charge in [0.2, 0.25) is 0 Å². The van der Waals surface area contributed by atoms with E-state index >= 15 is 0 Å². The predicted molar refractivity (Wildman–Crippen MR) is 307 cm³/mol. The molecule has 0 spiro atoms. The maximum Gasteiger partial charge on any atom is 0.0714 e. The Labute approximate surface area is 433 Å². The standard InChI is InChI=1S/C71H66N2/c1-67-39-19-21-41-69(67,3)72(56-27-13-7-14-28-56)64-37-34-49(43-52(64)47-67)50-33-36-60-62(45-50)71(54-23-9-5-10-24-54,55-25-11-6-12-26-55)63-46-61(58-31-17-18-32-59(58)66(60)63)51-35-38-65-53(44-51)48-68(2)40-20-22-42-70(68,4)73(65)57-29-15-8-16-30-57/h5-18,23-38,43-46H,19-22,39-42,47-48H2,1-4H3. The zero-order chi connectivity index (χ0) is 49.2. The Kier molecular flexibility index (Phi) is 10.0. The molecule has 2 fully saturated rings. The molecule has 2 nitrogen and oxygen atoms in total. The van der Waals surface area contributed by atoms with Gasteiger partial charge in [0.05, 0.1) is 5.41 Å². The molecular weight excluding hydrogens is 881 g/mol. The van der Waals surface area contributed by atoms with Crippen molar-refractivity contribution in [3.8, 4) is 33.4 Å². The molecule has 0 radical (unpaired) electrons. The van der Waals surface area contributed by atoms with Crippen molar-refractivity contribution in [2.75, 3.05) is 9.80 Å². The van der Waals surface area contributed by atoms with Gasteiger partial charge in [-0.25, -0.2) is 0 Å². The average molecular weight is 947 g/mol. The number of anilines is 4. The van der Waals surface area contributed by atoms with E-state index in [2.05, 4.69) is 244 Å². The van der Waals surface area contributed by atoms with Crippen LogP contribution in [0.25, 0.3) is 44.2 Å². The van der Waals surface area contributed by atoms with Crippen molar-refractivity contribution in [1.29, 1.82) is 0 Å². The van der Waals surface area contributed by atoms with Gasteiger partial charge in [0.25, 0.3) is 0 Å². The Morgan fingerprint density at radius 3 is 1.34 bits per heavy atom. The second kappa shape index (κ2) is 16.4. The molecule has 0 amide bonds. The van der Waals surface area contributed by atoms with Gasteiger partial charge in [-0.1, -0.05) is 185 Å². The molecule has 5 aliphatic rings. The summed E-state index contributed by atoms with van der Waals surface area (Å²) >= 11 is 0. The highest BCUT2D eigenvalue weighted by Crippen LogP contribution is 2.62. The number of para-hydroxylation sites is 2. The first-order valence-corrected chi connectivity index (χ1v) is 27.4. The van der Waals surface area contributed by atoms with Crippen LogP contribution in [-0.2, 0) is 18.3 Å². The van der Waals surface area contributed by atoms with E-state index in [4.69, 9.17) is 0 Å². The lowest BCUT2D eigenvalue weighted by molar-refractivity contribution is 0.0863. The molecule has 0 bridgehead atoms. The van der Waals surface area contributed by atoms with Crippen LogP contribution in [0, 0.1) is 10.8 Å². The number of benzene rings is 9. The summed E-state index contributed by atoms with van der Waals surface area (Å²) in [5.74, 6) is 0. The fourth-order valence-corrected chi connectivity index (χ4v) is 15.8. The Morgan fingerprint density at radius 2 is 0.795 bits per heavy atom. The maximum atomic E-state index is 2.73. The molecule has 14 rings (SSSR count). The van der Waals surface area contributed by atoms with Crippen LogP contribution in [0.15, 0.2) is 206 Å². The molecule has 0 aromatic heterocycles. The second-order valence-electron chi connectivity index (χ2n) is 23.6. The van der Waals surface area contributed by atoms with E-state index in [0.29, 0.717) is 0 Å². The van der Waals surface area contributed by atoms with Gasteiger partial charge >= 0.3 is 0 Å². The Hall–Kier alpha value is -7.16. The lowest BCUT2D eigenvalue weighted by Crippen LogP contribution is -2.60. The van der Waals surface area contributed by atoms with Crippen LogP contribution in [0.4, 0.5) is 22.7 Å². The predicted octanol–water partition coefficient (Wildman–Crippen LogP) is 18.6. The van der Waals surface area contributed by atoms with Crippen molar-refractivity contribution in [3.63, 3.8) is 0 Å². The molecule has 360 valence electrons. The Bertz CT molecular complexity index is 3560. The summed E-state index contributed by atoms with van der Waals surface area (Å²) in [5.41, 5.74) is 21.2. The second-order valence-corrected chi connectivity index (χ2v) is 23.6. The summed E-state index contributed by atoms with van der Waals surface area (Å²) < 4.78 is 0. The van der Waals surface area contributed by atoms with Gasteiger partial charge in [0.15, 0.2) is 0 Å². The first kappa shape index (κ1) is 44.5. The van der Waals surface area contributed by atoms with Crippen molar-refractivity contribution >= 4 is 33.5 Å². The summed E-state index contributed by atoms with van der Waals surface area (Å²) in [6.07, 6.45) is 12.2. The van der Waals surface area contributed by atoms with Gasteiger partial charge in [0, 0.05) is 33.8 Å². The smallest absolute Gasteiger partial charge is 0.0714 e. The zero-order valence-corrected chi connectivity index (χ0v) is 43.1. The molecule has 0 N–H and O–H groups in total. The minimum Gasteiger partial charge on any atom is -0.335 e. The number of fused-ring (bicyclic) bond motifs is 9. The van der Waals surface area contributed by atoms with Crippen molar-refractivity contribution in [2.45, 2.75) is 108 Å². The van der Waals surface area contributed by atoms with Crippen LogP contribution in [0.3, 0.4) is 0 Å². The number of rotatable bonds is 6. The van der Waals surface area contributed by atoms with Crippen molar-refractivity contribution in [2.24, 2.45) is 10.8 Å². The van der Waals surface area contributed by atoms with Crippen molar-refractivity contribution in [1.82, 2.24) is 0 Å². The highest BCUT2D eigenvalue weighted by molar-refractivity contribution is 6.10. The molecule has 9 aromatic rings. The fraction of sp³-hybridized carbons (Fsp3) is 0.268. The summed E-state index contributed by atoms with van der Waals surface area (Å²) in [6, 6.07) is 79.5. The van der Waals surface area contributed by atoms with Gasteiger partial charge in [0.1, 0.15) is 0 Å². The van der Waals surface area contributed by atoms with Gasteiger partial charge in [-0.3, -0.25) is 0 Å². The summed E-state index contributed by atoms with van der Waals surface area (Å²) in [5, 5.41) is 2.62. The van der Waals surface area contributed by atoms with E-state index in [1.807, 2.05) is 0 Å². The van der Waals surface area contributed by atoms with E-state index in [0.717, 1.165) is 12.8 Å². The van der Waals surface area contributed by atoms with E-state index in [1.165, 1.54) is 152 Å². The maximum absolute atomic E-state index is 2.73. The summed E-state index contributed by atoms with van der Waals surface area (Å²) in [4.78, 5) is 5.45. The third-order valence-electron chi connectivity index (χ3n) is 19.9. The highest BCUT2D eigenvalue weighted by atomic mass is 15.2. The van der Waals surface area contributed by atoms with Crippen LogP contribution in [0.5, 0.6) is 0 Å². The first-order valence-electron chi connectivity index (χ1n) is 27.4. The van der Waals surface area contributed by atoms with Crippen LogP contribution in [-0.4, -0.2) is 11.1 Å². The first-order chi connectivity index (χ1) is 35.6. The third kappa shape index (κ3) is 6.35. The normalized spacial score (nSPS) is 24.4. The minimum atomic E-state index is -0.576. The van der Waals surface area contributed by atoms with Crippen molar-refractivity contribution in [3.05, 3.63) is 240 Å². The molecule has 0 saturated heterocycles. The quantitative estimate of drug-likeness (QED) is 0.164. The largest absolute Gasteiger partial charge is 0.335 e. The lowest BCUT2D eigenvalue weighted by Gasteiger charge is -2.60. The molecule has 2 heterocycles. The molecule has 73 heavy (non-hydrogen) atoms. The number of hydrogen-bond acceptors (Lipinski definition) is 2. The van der Waals surface area contributed by atoms with E-state index in [9.17, 15) is 0 Å². The monoisotopic (exact) mass is 947 g/mol. The minimum absolute atomic E-state index is 0.0353. The molecule has 3 aliphatic carbocycles. The van der Waals surface area contributed by atoms with Gasteiger partial charge in [-0.15, -0.1) is 0 Å². The van der Waals surface area contributed by atoms with Gasteiger partial charge in [-0.2, -0.15) is 0 Å². The van der Waals surface area contributed by atoms with E-state index in [-0.39, 0.29) is 21.9 Å². The fourth-order valence-electron chi connectivity index (χ4n) is 15.8. The SMILES string of the molecule is CC12CCCCC1(C)N(c1ccccc1)c1ccc(-c3ccc4c(c3)C(c3ccccc3)(c3ccccc3)c3cc(-c5ccc6c(c5)CC5(C)CCCCC5(C)N6c5ccccc5)c5ccccc5c3-4)cc1C2. The number of hydrogen-bond donors (Lipinski definition) is 0. The molecule has 9 aromatic carbocycles. The van der Waals surface area contributed by atoms with Crippen LogP contribution in [0.1, 0.15) is 112 Å². The topological polar surface area (TPSA) is 6.48 Å². The van der Waals surface area contributed by atoms with E-state index in [1.54, 1.807) is 0 Å². The van der Waals surface area contributed by atoms with Crippen LogP contribution in [0.2, 0.25) is 0 Å². The third-order valence-corrected chi connectivity index (χ3v) is 19.9. The molecule has 4 unspecified atom stereocenters. The Balaban J connectivity index is 0.976. The van der Waals surface area contributed by atoms with Crippen LogP contribution >= 0.6 is 0 Å². The molecule has 2 aliphatic heterocycles. The average Bonchev–Trinajstić information content (AvgIpc) is 3.72. The summed E-state index contributed by atoms with van der Waals surface area (Å²) in [6.45, 7) is 10.3. The molecule has 2 heteroatoms.